The van der Waals surface area contributed by atoms with Crippen LogP contribution in [0.2, 0.25) is 0 Å². The van der Waals surface area contributed by atoms with Gasteiger partial charge in [0.1, 0.15) is 0 Å². The van der Waals surface area contributed by atoms with E-state index < -0.39 is 0 Å². The molecule has 0 saturated carbocycles. The molecule has 0 amide bonds. The molecular formula is C26H50N2. The molecule has 2 heteroatoms. The van der Waals surface area contributed by atoms with Crippen LogP contribution in [0.25, 0.3) is 0 Å². The second kappa shape index (κ2) is 17.1. The molecule has 0 rings (SSSR count). The zero-order valence-corrected chi connectivity index (χ0v) is 20.3. The number of nitrogens with zero attached hydrogens (tertiary/aromatic N) is 2. The second-order valence-electron chi connectivity index (χ2n) is 9.86. The van der Waals surface area contributed by atoms with Crippen molar-refractivity contribution in [1.29, 1.82) is 0 Å². The van der Waals surface area contributed by atoms with E-state index in [0.717, 1.165) is 43.8 Å². The molecular weight excluding hydrogens is 340 g/mol. The van der Waals surface area contributed by atoms with Gasteiger partial charge in [-0.3, -0.25) is 9.80 Å². The van der Waals surface area contributed by atoms with Crippen LogP contribution in [-0.2, 0) is 0 Å². The Morgan fingerprint density at radius 2 is 1.14 bits per heavy atom. The van der Waals surface area contributed by atoms with Gasteiger partial charge in [-0.1, -0.05) is 60.5 Å². The van der Waals surface area contributed by atoms with Gasteiger partial charge in [-0.15, -0.1) is 12.5 Å². The lowest BCUT2D eigenvalue weighted by atomic mass is 10.0. The summed E-state index contributed by atoms with van der Waals surface area (Å²) in [6.07, 6.45) is 8.09. The monoisotopic (exact) mass is 390 g/mol. The van der Waals surface area contributed by atoms with E-state index in [9.17, 15) is 0 Å². The third-order valence-electron chi connectivity index (χ3n) is 5.27. The minimum Gasteiger partial charge on any atom is -0.300 e. The normalized spacial score (nSPS) is 12.9. The van der Waals surface area contributed by atoms with Crippen LogP contribution in [0.1, 0.15) is 80.6 Å². The predicted octanol–water partition coefficient (Wildman–Crippen LogP) is 6.33. The predicted molar refractivity (Wildman–Crippen MR) is 128 cm³/mol. The lowest BCUT2D eigenvalue weighted by molar-refractivity contribution is 0.264. The first-order valence-corrected chi connectivity index (χ1v) is 11.8. The van der Waals surface area contributed by atoms with Crippen LogP contribution in [0.4, 0.5) is 0 Å². The Bertz CT molecular complexity index is 415. The summed E-state index contributed by atoms with van der Waals surface area (Å²) in [5, 5.41) is 0. The van der Waals surface area contributed by atoms with Crippen molar-refractivity contribution in [3.8, 4) is 11.8 Å². The molecule has 1 unspecified atom stereocenters. The molecule has 2 nitrogen and oxygen atoms in total. The van der Waals surface area contributed by atoms with Gasteiger partial charge in [-0.2, -0.15) is 0 Å². The first-order chi connectivity index (χ1) is 13.2. The van der Waals surface area contributed by atoms with E-state index in [2.05, 4.69) is 76.7 Å². The maximum absolute atomic E-state index is 3.91. The van der Waals surface area contributed by atoms with Crippen molar-refractivity contribution in [2.45, 2.75) is 80.6 Å². The Kier molecular flexibility index (Phi) is 16.6. The third kappa shape index (κ3) is 17.3. The summed E-state index contributed by atoms with van der Waals surface area (Å²) >= 11 is 0. The summed E-state index contributed by atoms with van der Waals surface area (Å²) in [7, 11) is 0. The number of rotatable bonds is 16. The molecule has 0 aliphatic rings. The lowest BCUT2D eigenvalue weighted by Crippen LogP contribution is -2.28. The molecule has 0 bridgehead atoms. The van der Waals surface area contributed by atoms with Crippen molar-refractivity contribution in [3.05, 3.63) is 12.7 Å². The molecule has 0 aliphatic carbocycles. The maximum Gasteiger partial charge on any atom is 0.0601 e. The van der Waals surface area contributed by atoms with Crippen LogP contribution in [0.5, 0.6) is 0 Å². The molecule has 0 fully saturated rings. The standard InChI is InChI=1S/C26H50N2/c1-9-17-27(19-13-23(2)3)22-16-26(8)12-10-11-18-28(20-14-24(4)5)21-15-25(6)7/h9,23-26H,1,12-22H2,2-8H3. The smallest absolute Gasteiger partial charge is 0.0601 e. The molecule has 0 spiro atoms. The molecule has 1 atom stereocenters. The fourth-order valence-electron chi connectivity index (χ4n) is 2.99. The van der Waals surface area contributed by atoms with E-state index in [-0.39, 0.29) is 0 Å². The highest BCUT2D eigenvalue weighted by Crippen LogP contribution is 2.10. The number of hydrogen-bond acceptors (Lipinski definition) is 2. The molecule has 0 radical (unpaired) electrons. The van der Waals surface area contributed by atoms with Crippen molar-refractivity contribution in [1.82, 2.24) is 9.80 Å². The van der Waals surface area contributed by atoms with E-state index in [1.807, 2.05) is 6.08 Å². The first-order valence-electron chi connectivity index (χ1n) is 11.8. The van der Waals surface area contributed by atoms with Gasteiger partial charge in [0.05, 0.1) is 6.54 Å². The summed E-state index contributed by atoms with van der Waals surface area (Å²) in [6.45, 7) is 26.8. The summed E-state index contributed by atoms with van der Waals surface area (Å²) < 4.78 is 0. The van der Waals surface area contributed by atoms with Gasteiger partial charge in [0.15, 0.2) is 0 Å². The van der Waals surface area contributed by atoms with E-state index in [1.165, 1.54) is 45.3 Å². The Morgan fingerprint density at radius 3 is 1.61 bits per heavy atom. The van der Waals surface area contributed by atoms with Crippen molar-refractivity contribution in [3.63, 3.8) is 0 Å². The quantitative estimate of drug-likeness (QED) is 0.224. The topological polar surface area (TPSA) is 6.48 Å². The Hall–Kier alpha value is -0.780. The summed E-state index contributed by atoms with van der Waals surface area (Å²) in [5.74, 6) is 9.90. The second-order valence-corrected chi connectivity index (χ2v) is 9.86. The van der Waals surface area contributed by atoms with E-state index in [1.54, 1.807) is 0 Å². The Balaban J connectivity index is 4.29. The highest BCUT2D eigenvalue weighted by atomic mass is 15.1. The zero-order chi connectivity index (χ0) is 21.4. The molecule has 0 aliphatic heterocycles. The SMILES string of the molecule is C=CCN(CCC(C)C)CCC(C)CC#CCN(CCC(C)C)CCC(C)C. The van der Waals surface area contributed by atoms with E-state index in [0.29, 0.717) is 5.92 Å². The molecule has 0 heterocycles. The van der Waals surface area contributed by atoms with Gasteiger partial charge in [0.25, 0.3) is 0 Å². The first kappa shape index (κ1) is 27.2. The molecule has 0 aromatic rings. The largest absolute Gasteiger partial charge is 0.300 e. The fourth-order valence-corrected chi connectivity index (χ4v) is 2.99. The molecule has 164 valence electrons. The molecule has 0 aromatic heterocycles. The van der Waals surface area contributed by atoms with Crippen molar-refractivity contribution in [2.24, 2.45) is 23.7 Å². The van der Waals surface area contributed by atoms with Gasteiger partial charge in [0, 0.05) is 13.0 Å². The van der Waals surface area contributed by atoms with Gasteiger partial charge in [0.2, 0.25) is 0 Å². The summed E-state index contributed by atoms with van der Waals surface area (Å²) in [5.41, 5.74) is 0. The van der Waals surface area contributed by atoms with Crippen LogP contribution < -0.4 is 0 Å². The Labute approximate surface area is 178 Å². The minimum absolute atomic E-state index is 0.665. The van der Waals surface area contributed by atoms with Gasteiger partial charge in [-0.05, 0) is 75.5 Å². The average Bonchev–Trinajstić information content (AvgIpc) is 2.62. The molecule has 0 N–H and O–H groups in total. The van der Waals surface area contributed by atoms with Crippen molar-refractivity contribution < 1.29 is 0 Å². The minimum atomic E-state index is 0.665. The van der Waals surface area contributed by atoms with Crippen molar-refractivity contribution in [2.75, 3.05) is 39.3 Å². The van der Waals surface area contributed by atoms with Gasteiger partial charge in [-0.25, -0.2) is 0 Å². The lowest BCUT2D eigenvalue weighted by Gasteiger charge is -2.23. The Morgan fingerprint density at radius 1 is 0.679 bits per heavy atom. The van der Waals surface area contributed by atoms with Crippen LogP contribution >= 0.6 is 0 Å². The van der Waals surface area contributed by atoms with E-state index in [4.69, 9.17) is 0 Å². The fraction of sp³-hybridized carbons (Fsp3) is 0.846. The van der Waals surface area contributed by atoms with Gasteiger partial charge < -0.3 is 0 Å². The maximum atomic E-state index is 3.91. The van der Waals surface area contributed by atoms with Crippen LogP contribution in [0, 0.1) is 35.5 Å². The highest BCUT2D eigenvalue weighted by Gasteiger charge is 2.08. The van der Waals surface area contributed by atoms with Crippen LogP contribution in [0.15, 0.2) is 12.7 Å². The van der Waals surface area contributed by atoms with Gasteiger partial charge >= 0.3 is 0 Å². The molecule has 0 aromatic carbocycles. The van der Waals surface area contributed by atoms with Crippen LogP contribution in [0.3, 0.4) is 0 Å². The molecule has 28 heavy (non-hydrogen) atoms. The average molecular weight is 391 g/mol. The molecule has 0 saturated heterocycles. The van der Waals surface area contributed by atoms with E-state index >= 15 is 0 Å². The zero-order valence-electron chi connectivity index (χ0n) is 20.3. The van der Waals surface area contributed by atoms with Crippen molar-refractivity contribution >= 4 is 0 Å². The summed E-state index contributed by atoms with van der Waals surface area (Å²) in [6, 6.07) is 0. The summed E-state index contributed by atoms with van der Waals surface area (Å²) in [4.78, 5) is 5.09. The highest BCUT2D eigenvalue weighted by molar-refractivity contribution is 5.02. The van der Waals surface area contributed by atoms with Crippen LogP contribution in [-0.4, -0.2) is 49.1 Å². The number of hydrogen-bond donors (Lipinski definition) is 0. The third-order valence-corrected chi connectivity index (χ3v) is 5.27.